The van der Waals surface area contributed by atoms with E-state index in [9.17, 15) is 4.79 Å². The zero-order valence-corrected chi connectivity index (χ0v) is 13.1. The van der Waals surface area contributed by atoms with Gasteiger partial charge < -0.3 is 10.4 Å². The van der Waals surface area contributed by atoms with Crippen LogP contribution in [-0.2, 0) is 6.54 Å². The van der Waals surface area contributed by atoms with Crippen LogP contribution >= 0.6 is 0 Å². The van der Waals surface area contributed by atoms with Crippen LogP contribution in [0.3, 0.4) is 0 Å². The summed E-state index contributed by atoms with van der Waals surface area (Å²) in [6.45, 7) is 5.50. The monoisotopic (exact) mass is 289 g/mol. The van der Waals surface area contributed by atoms with Gasteiger partial charge in [0.2, 0.25) is 0 Å². The van der Waals surface area contributed by atoms with Crippen molar-refractivity contribution >= 4 is 5.97 Å². The molecule has 0 amide bonds. The van der Waals surface area contributed by atoms with Gasteiger partial charge in [0.05, 0.1) is 5.56 Å². The molecule has 116 valence electrons. The third-order valence-electron chi connectivity index (χ3n) is 4.75. The molecule has 1 fully saturated rings. The Bertz CT molecular complexity index is 453. The minimum atomic E-state index is -0.863. The van der Waals surface area contributed by atoms with E-state index in [1.54, 1.807) is 12.1 Å². The van der Waals surface area contributed by atoms with Gasteiger partial charge in [-0.15, -0.1) is 0 Å². The number of rotatable bonds is 5. The quantitative estimate of drug-likeness (QED) is 0.803. The Morgan fingerprint density at radius 2 is 1.90 bits per heavy atom. The second-order valence-electron chi connectivity index (χ2n) is 6.59. The Hall–Kier alpha value is -1.35. The van der Waals surface area contributed by atoms with Crippen LogP contribution in [0.25, 0.3) is 0 Å². The first kappa shape index (κ1) is 16.0. The summed E-state index contributed by atoms with van der Waals surface area (Å²) in [6.07, 6.45) is 6.53. The van der Waals surface area contributed by atoms with E-state index in [1.165, 1.54) is 32.1 Å². The van der Waals surface area contributed by atoms with Crippen LogP contribution in [0.15, 0.2) is 24.3 Å². The van der Waals surface area contributed by atoms with Crippen LogP contribution < -0.4 is 5.32 Å². The van der Waals surface area contributed by atoms with Crippen LogP contribution in [0, 0.1) is 11.8 Å². The molecule has 2 unspecified atom stereocenters. The minimum Gasteiger partial charge on any atom is -0.478 e. The first-order chi connectivity index (χ1) is 10.1. The molecule has 0 saturated heterocycles. The van der Waals surface area contributed by atoms with Crippen molar-refractivity contribution in [3.05, 3.63) is 35.4 Å². The lowest BCUT2D eigenvalue weighted by Crippen LogP contribution is -2.28. The zero-order valence-electron chi connectivity index (χ0n) is 13.1. The van der Waals surface area contributed by atoms with Crippen molar-refractivity contribution in [3.63, 3.8) is 0 Å². The van der Waals surface area contributed by atoms with Crippen molar-refractivity contribution in [1.82, 2.24) is 5.32 Å². The van der Waals surface area contributed by atoms with Crippen LogP contribution in [0.1, 0.15) is 61.9 Å². The van der Waals surface area contributed by atoms with E-state index in [1.807, 2.05) is 12.1 Å². The predicted molar refractivity (Wildman–Crippen MR) is 85.4 cm³/mol. The van der Waals surface area contributed by atoms with Gasteiger partial charge in [0.15, 0.2) is 0 Å². The minimum absolute atomic E-state index is 0.355. The van der Waals surface area contributed by atoms with Gasteiger partial charge in [0.25, 0.3) is 0 Å². The van der Waals surface area contributed by atoms with Gasteiger partial charge in [-0.25, -0.2) is 4.79 Å². The van der Waals surface area contributed by atoms with Gasteiger partial charge in [-0.05, 0) is 48.8 Å². The molecule has 21 heavy (non-hydrogen) atoms. The molecule has 1 aromatic carbocycles. The van der Waals surface area contributed by atoms with Crippen LogP contribution in [-0.4, -0.2) is 17.1 Å². The largest absolute Gasteiger partial charge is 0.478 e. The topological polar surface area (TPSA) is 49.3 Å². The predicted octanol–water partition coefficient (Wildman–Crippen LogP) is 4.08. The van der Waals surface area contributed by atoms with E-state index in [2.05, 4.69) is 19.2 Å². The van der Waals surface area contributed by atoms with Gasteiger partial charge in [0.1, 0.15) is 0 Å². The molecule has 3 heteroatoms. The number of carboxylic acids is 1. The van der Waals surface area contributed by atoms with E-state index < -0.39 is 5.97 Å². The molecule has 1 aliphatic carbocycles. The molecule has 0 heterocycles. The average Bonchev–Trinajstić information content (AvgIpc) is 2.71. The Balaban J connectivity index is 1.81. The van der Waals surface area contributed by atoms with E-state index in [0.717, 1.165) is 23.9 Å². The lowest BCUT2D eigenvalue weighted by molar-refractivity contribution is 0.0697. The number of carboxylic acid groups (broad SMARTS) is 1. The van der Waals surface area contributed by atoms with Crippen molar-refractivity contribution in [2.24, 2.45) is 11.8 Å². The highest BCUT2D eigenvalue weighted by Crippen LogP contribution is 2.28. The standard InChI is InChI=1S/C18H27NO2/c1-13(2)15-4-3-5-17(11-10-15)19-12-14-6-8-16(9-7-14)18(20)21/h6-9,13,15,17,19H,3-5,10-12H2,1-2H3,(H,20,21). The summed E-state index contributed by atoms with van der Waals surface area (Å²) < 4.78 is 0. The van der Waals surface area contributed by atoms with Crippen LogP contribution in [0.2, 0.25) is 0 Å². The highest BCUT2D eigenvalue weighted by molar-refractivity contribution is 5.87. The van der Waals surface area contributed by atoms with Gasteiger partial charge in [-0.1, -0.05) is 38.8 Å². The van der Waals surface area contributed by atoms with Gasteiger partial charge in [-0.3, -0.25) is 0 Å². The van der Waals surface area contributed by atoms with Gasteiger partial charge >= 0.3 is 5.97 Å². The number of nitrogens with one attached hydrogen (secondary N) is 1. The molecule has 0 bridgehead atoms. The average molecular weight is 289 g/mol. The number of carbonyl (C=O) groups is 1. The SMILES string of the molecule is CC(C)C1CCCC(NCc2ccc(C(=O)O)cc2)CC1. The third kappa shape index (κ3) is 4.85. The van der Waals surface area contributed by atoms with Crippen molar-refractivity contribution in [2.75, 3.05) is 0 Å². The molecule has 0 aliphatic heterocycles. The number of hydrogen-bond donors (Lipinski definition) is 2. The number of benzene rings is 1. The lowest BCUT2D eigenvalue weighted by Gasteiger charge is -2.19. The molecule has 0 aromatic heterocycles. The van der Waals surface area contributed by atoms with Gasteiger partial charge in [0, 0.05) is 12.6 Å². The molecule has 0 spiro atoms. The molecular weight excluding hydrogens is 262 g/mol. The molecule has 2 rings (SSSR count). The maximum absolute atomic E-state index is 10.8. The number of hydrogen-bond acceptors (Lipinski definition) is 2. The molecule has 3 nitrogen and oxygen atoms in total. The smallest absolute Gasteiger partial charge is 0.335 e. The summed E-state index contributed by atoms with van der Waals surface area (Å²) in [5.74, 6) is 0.817. The van der Waals surface area contributed by atoms with Gasteiger partial charge in [-0.2, -0.15) is 0 Å². The fourth-order valence-corrected chi connectivity index (χ4v) is 3.23. The first-order valence-corrected chi connectivity index (χ1v) is 8.12. The van der Waals surface area contributed by atoms with Crippen molar-refractivity contribution < 1.29 is 9.90 Å². The Morgan fingerprint density at radius 1 is 1.19 bits per heavy atom. The van der Waals surface area contributed by atoms with Crippen molar-refractivity contribution in [1.29, 1.82) is 0 Å². The normalized spacial score (nSPS) is 23.0. The Kier molecular flexibility index (Phi) is 5.80. The fourth-order valence-electron chi connectivity index (χ4n) is 3.23. The van der Waals surface area contributed by atoms with E-state index in [0.29, 0.717) is 11.6 Å². The third-order valence-corrected chi connectivity index (χ3v) is 4.75. The second-order valence-corrected chi connectivity index (χ2v) is 6.59. The molecule has 1 aliphatic rings. The fraction of sp³-hybridized carbons (Fsp3) is 0.611. The zero-order chi connectivity index (χ0) is 15.2. The Labute approximate surface area is 127 Å². The summed E-state index contributed by atoms with van der Waals surface area (Å²) in [4.78, 5) is 10.8. The highest BCUT2D eigenvalue weighted by Gasteiger charge is 2.20. The molecular formula is C18H27NO2. The maximum Gasteiger partial charge on any atom is 0.335 e. The molecule has 0 radical (unpaired) electrons. The van der Waals surface area contributed by atoms with E-state index in [4.69, 9.17) is 5.11 Å². The molecule has 1 saturated carbocycles. The maximum atomic E-state index is 10.8. The van der Waals surface area contributed by atoms with E-state index >= 15 is 0 Å². The summed E-state index contributed by atoms with van der Waals surface area (Å²) >= 11 is 0. The lowest BCUT2D eigenvalue weighted by atomic mass is 9.89. The summed E-state index contributed by atoms with van der Waals surface area (Å²) in [5.41, 5.74) is 1.51. The van der Waals surface area contributed by atoms with E-state index in [-0.39, 0.29) is 0 Å². The summed E-state index contributed by atoms with van der Waals surface area (Å²) in [6, 6.07) is 7.78. The first-order valence-electron chi connectivity index (χ1n) is 8.12. The van der Waals surface area contributed by atoms with Crippen molar-refractivity contribution in [2.45, 2.75) is 58.5 Å². The second kappa shape index (κ2) is 7.60. The molecule has 1 aromatic rings. The Morgan fingerprint density at radius 3 is 2.52 bits per heavy atom. The van der Waals surface area contributed by atoms with Crippen LogP contribution in [0.5, 0.6) is 0 Å². The van der Waals surface area contributed by atoms with Crippen molar-refractivity contribution in [3.8, 4) is 0 Å². The van der Waals surface area contributed by atoms with Crippen LogP contribution in [0.4, 0.5) is 0 Å². The molecule has 2 N–H and O–H groups in total. The molecule has 2 atom stereocenters. The summed E-state index contributed by atoms with van der Waals surface area (Å²) in [7, 11) is 0. The summed E-state index contributed by atoms with van der Waals surface area (Å²) in [5, 5.41) is 12.5. The highest BCUT2D eigenvalue weighted by atomic mass is 16.4. The number of aromatic carboxylic acids is 1.